The number of hydrogen-bond donors (Lipinski definition) is 1. The van der Waals surface area contributed by atoms with Crippen LogP contribution in [-0.2, 0) is 13.5 Å². The quantitative estimate of drug-likeness (QED) is 0.818. The fourth-order valence-electron chi connectivity index (χ4n) is 2.09. The molecule has 0 aliphatic rings. The van der Waals surface area contributed by atoms with E-state index in [9.17, 15) is 0 Å². The van der Waals surface area contributed by atoms with Crippen molar-refractivity contribution >= 4 is 0 Å². The van der Waals surface area contributed by atoms with Crippen LogP contribution in [0.5, 0.6) is 0 Å². The van der Waals surface area contributed by atoms with E-state index in [-0.39, 0.29) is 6.04 Å². The van der Waals surface area contributed by atoms with E-state index in [1.54, 1.807) is 6.26 Å². The van der Waals surface area contributed by atoms with Gasteiger partial charge in [0.2, 0.25) is 0 Å². The minimum Gasteiger partial charge on any atom is -0.468 e. The van der Waals surface area contributed by atoms with Gasteiger partial charge in [0, 0.05) is 18.9 Å². The van der Waals surface area contributed by atoms with Crippen LogP contribution in [0.15, 0.2) is 35.1 Å². The summed E-state index contributed by atoms with van der Waals surface area (Å²) in [6.07, 6.45) is 6.73. The Kier molecular flexibility index (Phi) is 4.59. The van der Waals surface area contributed by atoms with Crippen LogP contribution in [0.2, 0.25) is 0 Å². The van der Waals surface area contributed by atoms with E-state index in [4.69, 9.17) is 4.42 Å². The van der Waals surface area contributed by atoms with Crippen molar-refractivity contribution in [3.05, 3.63) is 42.1 Å². The van der Waals surface area contributed by atoms with Crippen molar-refractivity contribution in [2.75, 3.05) is 6.54 Å². The van der Waals surface area contributed by atoms with Crippen LogP contribution in [-0.4, -0.2) is 16.3 Å². The highest BCUT2D eigenvalue weighted by atomic mass is 16.3. The first-order chi connectivity index (χ1) is 8.81. The maximum Gasteiger partial charge on any atom is 0.120 e. The number of rotatable bonds is 7. The molecule has 2 aromatic heterocycles. The highest BCUT2D eigenvalue weighted by Gasteiger charge is 2.14. The number of hydrogen-bond acceptors (Lipinski definition) is 3. The standard InChI is InChI=1S/C14H21N3O/c1-3-9-15-13(14-5-4-11-18-14)7-6-12-8-10-16-17(12)2/h4-5,8,10-11,13,15H,3,6-7,9H2,1-2H3. The molecule has 0 saturated carbocycles. The molecule has 0 bridgehead atoms. The van der Waals surface area contributed by atoms with E-state index in [1.165, 1.54) is 5.69 Å². The summed E-state index contributed by atoms with van der Waals surface area (Å²) in [6.45, 7) is 3.18. The molecule has 0 radical (unpaired) electrons. The van der Waals surface area contributed by atoms with Gasteiger partial charge in [-0.3, -0.25) is 4.68 Å². The van der Waals surface area contributed by atoms with Crippen molar-refractivity contribution in [2.45, 2.75) is 32.2 Å². The molecule has 0 saturated heterocycles. The van der Waals surface area contributed by atoms with Gasteiger partial charge < -0.3 is 9.73 Å². The lowest BCUT2D eigenvalue weighted by molar-refractivity contribution is 0.393. The van der Waals surface area contributed by atoms with E-state index < -0.39 is 0 Å². The molecule has 18 heavy (non-hydrogen) atoms. The maximum absolute atomic E-state index is 5.51. The van der Waals surface area contributed by atoms with Crippen LogP contribution in [0.1, 0.15) is 37.3 Å². The van der Waals surface area contributed by atoms with Crippen LogP contribution in [0.25, 0.3) is 0 Å². The van der Waals surface area contributed by atoms with Gasteiger partial charge in [-0.2, -0.15) is 5.10 Å². The van der Waals surface area contributed by atoms with E-state index in [0.29, 0.717) is 0 Å². The largest absolute Gasteiger partial charge is 0.468 e. The van der Waals surface area contributed by atoms with Crippen LogP contribution in [0.3, 0.4) is 0 Å². The van der Waals surface area contributed by atoms with Crippen LogP contribution in [0.4, 0.5) is 0 Å². The summed E-state index contributed by atoms with van der Waals surface area (Å²) >= 11 is 0. The molecule has 0 spiro atoms. The number of nitrogens with one attached hydrogen (secondary N) is 1. The lowest BCUT2D eigenvalue weighted by Crippen LogP contribution is -2.22. The zero-order valence-electron chi connectivity index (χ0n) is 11.1. The number of aromatic nitrogens is 2. The zero-order valence-corrected chi connectivity index (χ0v) is 11.1. The van der Waals surface area contributed by atoms with Gasteiger partial charge in [0.15, 0.2) is 0 Å². The monoisotopic (exact) mass is 247 g/mol. The Morgan fingerprint density at radius 1 is 1.44 bits per heavy atom. The summed E-state index contributed by atoms with van der Waals surface area (Å²) in [5.74, 6) is 1.02. The van der Waals surface area contributed by atoms with E-state index in [1.807, 2.05) is 30.1 Å². The minimum atomic E-state index is 0.287. The maximum atomic E-state index is 5.51. The molecule has 1 atom stereocenters. The van der Waals surface area contributed by atoms with E-state index >= 15 is 0 Å². The molecule has 0 amide bonds. The number of furan rings is 1. The molecule has 0 aliphatic carbocycles. The van der Waals surface area contributed by atoms with Crippen LogP contribution in [0, 0.1) is 0 Å². The topological polar surface area (TPSA) is 43.0 Å². The van der Waals surface area contributed by atoms with Gasteiger partial charge in [0.05, 0.1) is 12.3 Å². The Hall–Kier alpha value is -1.55. The van der Waals surface area contributed by atoms with Gasteiger partial charge in [-0.15, -0.1) is 0 Å². The fraction of sp³-hybridized carbons (Fsp3) is 0.500. The Morgan fingerprint density at radius 2 is 2.33 bits per heavy atom. The molecule has 0 aromatic carbocycles. The Morgan fingerprint density at radius 3 is 2.94 bits per heavy atom. The molecule has 0 aliphatic heterocycles. The summed E-state index contributed by atoms with van der Waals surface area (Å²) in [6, 6.07) is 6.34. The smallest absolute Gasteiger partial charge is 0.120 e. The third kappa shape index (κ3) is 3.23. The molecule has 4 nitrogen and oxygen atoms in total. The predicted octanol–water partition coefficient (Wildman–Crippen LogP) is 2.69. The molecule has 2 heterocycles. The SMILES string of the molecule is CCCNC(CCc1ccnn1C)c1ccco1. The van der Waals surface area contributed by atoms with E-state index in [0.717, 1.165) is 31.6 Å². The van der Waals surface area contributed by atoms with Gasteiger partial charge in [0.1, 0.15) is 5.76 Å². The lowest BCUT2D eigenvalue weighted by atomic mass is 10.1. The summed E-state index contributed by atoms with van der Waals surface area (Å²) in [4.78, 5) is 0. The predicted molar refractivity (Wildman–Crippen MR) is 71.3 cm³/mol. The van der Waals surface area contributed by atoms with Crippen molar-refractivity contribution in [3.8, 4) is 0 Å². The first kappa shape index (κ1) is 12.9. The molecule has 98 valence electrons. The molecule has 1 unspecified atom stereocenters. The third-order valence-electron chi connectivity index (χ3n) is 3.14. The fourth-order valence-corrected chi connectivity index (χ4v) is 2.09. The van der Waals surface area contributed by atoms with Gasteiger partial charge in [0.25, 0.3) is 0 Å². The Labute approximate surface area is 108 Å². The third-order valence-corrected chi connectivity index (χ3v) is 3.14. The van der Waals surface area contributed by atoms with Crippen LogP contribution < -0.4 is 5.32 Å². The highest BCUT2D eigenvalue weighted by molar-refractivity contribution is 5.07. The summed E-state index contributed by atoms with van der Waals surface area (Å²) in [5.41, 5.74) is 1.25. The van der Waals surface area contributed by atoms with Crippen molar-refractivity contribution in [2.24, 2.45) is 7.05 Å². The Bertz CT molecular complexity index is 447. The van der Waals surface area contributed by atoms with Gasteiger partial charge >= 0.3 is 0 Å². The molecule has 4 heteroatoms. The van der Waals surface area contributed by atoms with Gasteiger partial charge in [-0.25, -0.2) is 0 Å². The summed E-state index contributed by atoms with van der Waals surface area (Å²) < 4.78 is 7.44. The highest BCUT2D eigenvalue weighted by Crippen LogP contribution is 2.19. The van der Waals surface area contributed by atoms with Crippen molar-refractivity contribution in [1.29, 1.82) is 0 Å². The molecule has 2 rings (SSSR count). The van der Waals surface area contributed by atoms with Crippen molar-refractivity contribution in [1.82, 2.24) is 15.1 Å². The molecule has 1 N–H and O–H groups in total. The second kappa shape index (κ2) is 6.40. The summed E-state index contributed by atoms with van der Waals surface area (Å²) in [5, 5.41) is 7.72. The number of nitrogens with zero attached hydrogens (tertiary/aromatic N) is 2. The lowest BCUT2D eigenvalue weighted by Gasteiger charge is -2.16. The van der Waals surface area contributed by atoms with Gasteiger partial charge in [-0.1, -0.05) is 6.92 Å². The molecule has 0 fully saturated rings. The molecular weight excluding hydrogens is 226 g/mol. The average molecular weight is 247 g/mol. The molecule has 2 aromatic rings. The zero-order chi connectivity index (χ0) is 12.8. The summed E-state index contributed by atoms with van der Waals surface area (Å²) in [7, 11) is 1.98. The second-order valence-electron chi connectivity index (χ2n) is 4.51. The average Bonchev–Trinajstić information content (AvgIpc) is 3.01. The van der Waals surface area contributed by atoms with Crippen LogP contribution >= 0.6 is 0 Å². The number of aryl methyl sites for hydroxylation is 2. The minimum absolute atomic E-state index is 0.287. The first-order valence-electron chi connectivity index (χ1n) is 6.55. The van der Waals surface area contributed by atoms with Gasteiger partial charge in [-0.05, 0) is 44.0 Å². The molecular formula is C14H21N3O. The van der Waals surface area contributed by atoms with Crippen molar-refractivity contribution < 1.29 is 4.42 Å². The Balaban J connectivity index is 1.95. The first-order valence-corrected chi connectivity index (χ1v) is 6.55. The van der Waals surface area contributed by atoms with E-state index in [2.05, 4.69) is 23.4 Å². The normalized spacial score (nSPS) is 12.8. The van der Waals surface area contributed by atoms with Crippen molar-refractivity contribution in [3.63, 3.8) is 0 Å². The second-order valence-corrected chi connectivity index (χ2v) is 4.51.